The van der Waals surface area contributed by atoms with Crippen LogP contribution in [-0.2, 0) is 6.54 Å². The maximum absolute atomic E-state index is 13.3. The van der Waals surface area contributed by atoms with Crippen molar-refractivity contribution < 1.29 is 26.8 Å². The Hall–Kier alpha value is -2.49. The number of rotatable bonds is 5. The van der Waals surface area contributed by atoms with E-state index in [1.807, 2.05) is 0 Å². The van der Waals surface area contributed by atoms with Gasteiger partial charge >= 0.3 is 6.43 Å². The van der Waals surface area contributed by atoms with Gasteiger partial charge in [0.2, 0.25) is 11.8 Å². The Labute approximate surface area is 164 Å². The van der Waals surface area contributed by atoms with Gasteiger partial charge in [-0.05, 0) is 36.5 Å². The van der Waals surface area contributed by atoms with E-state index < -0.39 is 18.2 Å². The van der Waals surface area contributed by atoms with Gasteiger partial charge in [-0.1, -0.05) is 6.07 Å². The third-order valence-electron chi connectivity index (χ3n) is 5.54. The van der Waals surface area contributed by atoms with Gasteiger partial charge in [0.05, 0.1) is 6.54 Å². The van der Waals surface area contributed by atoms with Gasteiger partial charge in [-0.25, -0.2) is 13.8 Å². The smallest absolute Gasteiger partial charge is 0.314 e. The Kier molecular flexibility index (Phi) is 5.05. The van der Waals surface area contributed by atoms with Crippen molar-refractivity contribution in [1.82, 2.24) is 20.2 Å². The first kappa shape index (κ1) is 19.8. The number of alkyl halides is 4. The number of amides is 1. The molecule has 0 radical (unpaired) electrons. The summed E-state index contributed by atoms with van der Waals surface area (Å²) in [5.74, 6) is -3.56. The van der Waals surface area contributed by atoms with Crippen molar-refractivity contribution in [3.05, 3.63) is 35.2 Å². The molecule has 1 aliphatic carbocycles. The van der Waals surface area contributed by atoms with Crippen LogP contribution in [-0.4, -0.2) is 45.6 Å². The quantitative estimate of drug-likeness (QED) is 0.685. The first-order chi connectivity index (χ1) is 13.7. The number of aromatic nitrogens is 2. The summed E-state index contributed by atoms with van der Waals surface area (Å²) in [6.45, 7) is 0.879. The van der Waals surface area contributed by atoms with Crippen LogP contribution >= 0.6 is 0 Å². The van der Waals surface area contributed by atoms with E-state index in [1.54, 1.807) is 35.3 Å². The van der Waals surface area contributed by atoms with Gasteiger partial charge in [0.1, 0.15) is 0 Å². The fourth-order valence-electron chi connectivity index (χ4n) is 3.89. The van der Waals surface area contributed by atoms with E-state index in [9.17, 15) is 22.4 Å². The molecule has 1 aliphatic heterocycles. The molecule has 156 valence electrons. The van der Waals surface area contributed by atoms with Crippen molar-refractivity contribution in [2.45, 2.75) is 44.6 Å². The SMILES string of the molecule is CN(CC1CCC(F)(F)CC1)N1Cc2ccc(-c3nnc(C(F)F)o3)cc2C1=O. The minimum Gasteiger partial charge on any atom is -0.415 e. The summed E-state index contributed by atoms with van der Waals surface area (Å²) in [7, 11) is 1.77. The van der Waals surface area contributed by atoms with E-state index in [4.69, 9.17) is 4.42 Å². The van der Waals surface area contributed by atoms with Gasteiger partial charge in [-0.3, -0.25) is 9.80 Å². The van der Waals surface area contributed by atoms with Crippen LogP contribution in [0.1, 0.15) is 53.9 Å². The highest BCUT2D eigenvalue weighted by molar-refractivity contribution is 5.99. The molecule has 4 rings (SSSR count). The van der Waals surface area contributed by atoms with Crippen LogP contribution in [0.2, 0.25) is 0 Å². The number of halogens is 4. The van der Waals surface area contributed by atoms with Crippen LogP contribution in [0.3, 0.4) is 0 Å². The summed E-state index contributed by atoms with van der Waals surface area (Å²) in [5, 5.41) is 10.3. The Balaban J connectivity index is 1.45. The van der Waals surface area contributed by atoms with Crippen molar-refractivity contribution in [3.8, 4) is 11.5 Å². The lowest BCUT2D eigenvalue weighted by Gasteiger charge is -2.34. The molecule has 2 heterocycles. The fraction of sp³-hybridized carbons (Fsp3) is 0.526. The monoisotopic (exact) mass is 412 g/mol. The van der Waals surface area contributed by atoms with Crippen LogP contribution in [0.5, 0.6) is 0 Å². The minimum absolute atomic E-state index is 0.0779. The third-order valence-corrected chi connectivity index (χ3v) is 5.54. The summed E-state index contributed by atoms with van der Waals surface area (Å²) in [4.78, 5) is 12.9. The van der Waals surface area contributed by atoms with Crippen LogP contribution in [0.4, 0.5) is 17.6 Å². The Morgan fingerprint density at radius 3 is 2.66 bits per heavy atom. The third kappa shape index (κ3) is 3.98. The molecule has 29 heavy (non-hydrogen) atoms. The molecule has 2 aliphatic rings. The van der Waals surface area contributed by atoms with E-state index in [-0.39, 0.29) is 30.6 Å². The van der Waals surface area contributed by atoms with Crippen molar-refractivity contribution in [2.75, 3.05) is 13.6 Å². The first-order valence-electron chi connectivity index (χ1n) is 9.39. The molecule has 0 unspecified atom stereocenters. The minimum atomic E-state index is -2.86. The zero-order valence-electron chi connectivity index (χ0n) is 15.7. The zero-order valence-corrected chi connectivity index (χ0v) is 15.7. The van der Waals surface area contributed by atoms with Crippen LogP contribution in [0.25, 0.3) is 11.5 Å². The summed E-state index contributed by atoms with van der Waals surface area (Å²) < 4.78 is 56.9. The van der Waals surface area contributed by atoms with Gasteiger partial charge in [-0.15, -0.1) is 10.2 Å². The van der Waals surface area contributed by atoms with Gasteiger partial charge in [0.25, 0.3) is 11.8 Å². The lowest BCUT2D eigenvalue weighted by molar-refractivity contribution is -0.0591. The molecule has 1 aromatic carbocycles. The second-order valence-electron chi connectivity index (χ2n) is 7.62. The Bertz CT molecular complexity index is 907. The van der Waals surface area contributed by atoms with Gasteiger partial charge in [0, 0.05) is 37.6 Å². The van der Waals surface area contributed by atoms with E-state index in [0.717, 1.165) is 5.56 Å². The molecule has 1 fully saturated rings. The van der Waals surface area contributed by atoms with Crippen molar-refractivity contribution >= 4 is 5.91 Å². The molecule has 1 aromatic heterocycles. The van der Waals surface area contributed by atoms with E-state index >= 15 is 0 Å². The van der Waals surface area contributed by atoms with Crippen molar-refractivity contribution in [1.29, 1.82) is 0 Å². The maximum Gasteiger partial charge on any atom is 0.314 e. The molecule has 10 heteroatoms. The van der Waals surface area contributed by atoms with E-state index in [0.29, 0.717) is 37.1 Å². The van der Waals surface area contributed by atoms with Gasteiger partial charge in [-0.2, -0.15) is 8.78 Å². The molecule has 1 amide bonds. The van der Waals surface area contributed by atoms with Gasteiger partial charge < -0.3 is 4.42 Å². The second-order valence-corrected chi connectivity index (χ2v) is 7.62. The number of nitrogens with zero attached hydrogens (tertiary/aromatic N) is 4. The number of benzene rings is 1. The highest BCUT2D eigenvalue weighted by atomic mass is 19.3. The van der Waals surface area contributed by atoms with Crippen LogP contribution in [0.15, 0.2) is 22.6 Å². The highest BCUT2D eigenvalue weighted by Crippen LogP contribution is 2.37. The summed E-state index contributed by atoms with van der Waals surface area (Å²) in [6, 6.07) is 4.92. The van der Waals surface area contributed by atoms with E-state index in [2.05, 4.69) is 10.2 Å². The van der Waals surface area contributed by atoms with Gasteiger partial charge in [0.15, 0.2) is 0 Å². The van der Waals surface area contributed by atoms with Crippen LogP contribution < -0.4 is 0 Å². The fourth-order valence-corrected chi connectivity index (χ4v) is 3.89. The summed E-state index contributed by atoms with van der Waals surface area (Å²) in [6.07, 6.45) is -2.24. The topological polar surface area (TPSA) is 62.5 Å². The van der Waals surface area contributed by atoms with Crippen molar-refractivity contribution in [3.63, 3.8) is 0 Å². The first-order valence-corrected chi connectivity index (χ1v) is 9.39. The zero-order chi connectivity index (χ0) is 20.8. The number of hydrogen-bond donors (Lipinski definition) is 0. The summed E-state index contributed by atoms with van der Waals surface area (Å²) >= 11 is 0. The van der Waals surface area contributed by atoms with E-state index in [1.165, 1.54) is 0 Å². The molecule has 2 aromatic rings. The molecule has 1 saturated carbocycles. The van der Waals surface area contributed by atoms with Crippen molar-refractivity contribution in [2.24, 2.45) is 5.92 Å². The average molecular weight is 412 g/mol. The Morgan fingerprint density at radius 1 is 1.28 bits per heavy atom. The largest absolute Gasteiger partial charge is 0.415 e. The number of hydrazine groups is 1. The van der Waals surface area contributed by atoms with Crippen LogP contribution in [0, 0.1) is 5.92 Å². The lowest BCUT2D eigenvalue weighted by Crippen LogP contribution is -2.43. The molecule has 0 bridgehead atoms. The summed E-state index contributed by atoms with van der Waals surface area (Å²) in [5.41, 5.74) is 1.60. The highest BCUT2D eigenvalue weighted by Gasteiger charge is 2.37. The lowest BCUT2D eigenvalue weighted by atomic mass is 9.87. The molecular weight excluding hydrogens is 392 g/mol. The predicted molar refractivity (Wildman–Crippen MR) is 94.1 cm³/mol. The number of hydrogen-bond acceptors (Lipinski definition) is 5. The second kappa shape index (κ2) is 7.40. The number of carbonyl (C=O) groups is 1. The molecule has 0 saturated heterocycles. The molecular formula is C19H20F4N4O2. The average Bonchev–Trinajstić information content (AvgIpc) is 3.29. The normalized spacial score (nSPS) is 19.4. The number of fused-ring (bicyclic) bond motifs is 1. The molecule has 0 atom stereocenters. The molecule has 6 nitrogen and oxygen atoms in total. The predicted octanol–water partition coefficient (Wildman–Crippen LogP) is 4.30. The standard InChI is InChI=1S/C19H20F4N4O2/c1-26(9-11-4-6-19(22,23)7-5-11)27-10-13-3-2-12(8-14(13)18(27)28)16-24-25-17(29-16)15(20)21/h2-3,8,11,15H,4-7,9-10H2,1H3. The molecule has 0 N–H and O–H groups in total. The number of carbonyl (C=O) groups excluding carboxylic acids is 1. The molecule has 0 spiro atoms. The maximum atomic E-state index is 13.3. The Morgan fingerprint density at radius 2 is 2.00 bits per heavy atom.